The summed E-state index contributed by atoms with van der Waals surface area (Å²) in [4.78, 5) is 27.7. The van der Waals surface area contributed by atoms with Crippen molar-refractivity contribution in [3.05, 3.63) is 56.8 Å². The van der Waals surface area contributed by atoms with E-state index in [-0.39, 0.29) is 5.56 Å². The summed E-state index contributed by atoms with van der Waals surface area (Å²) >= 11 is 1.57. The van der Waals surface area contributed by atoms with E-state index in [9.17, 15) is 4.79 Å². The van der Waals surface area contributed by atoms with Gasteiger partial charge in [-0.1, -0.05) is 6.07 Å². The second-order valence-corrected chi connectivity index (χ2v) is 7.25. The number of fused-ring (bicyclic) bond motifs is 1. The van der Waals surface area contributed by atoms with Crippen LogP contribution in [0.15, 0.2) is 34.4 Å². The number of aromatic nitrogens is 3. The molecule has 27 heavy (non-hydrogen) atoms. The van der Waals surface area contributed by atoms with E-state index < -0.39 is 0 Å². The number of nitrogens with zero attached hydrogens (tertiary/aromatic N) is 3. The molecule has 0 saturated carbocycles. The molecule has 4 rings (SSSR count). The minimum absolute atomic E-state index is 0.0621. The zero-order chi connectivity index (χ0) is 18.8. The molecule has 1 aliphatic rings. The number of nitrogens with one attached hydrogen (secondary N) is 1. The molecule has 0 unspecified atom stereocenters. The van der Waals surface area contributed by atoms with Crippen LogP contribution in [-0.2, 0) is 19.5 Å². The van der Waals surface area contributed by atoms with Crippen LogP contribution in [0.4, 0.5) is 0 Å². The molecule has 0 amide bonds. The average molecular weight is 384 g/mol. The minimum Gasteiger partial charge on any atom is -0.481 e. The lowest BCUT2D eigenvalue weighted by atomic mass is 10.1. The zero-order valence-corrected chi connectivity index (χ0v) is 16.0. The van der Waals surface area contributed by atoms with Gasteiger partial charge in [0, 0.05) is 37.7 Å². The third kappa shape index (κ3) is 3.58. The molecule has 0 bridgehead atoms. The lowest BCUT2D eigenvalue weighted by molar-refractivity contribution is 0.236. The number of H-pyrrole nitrogens is 1. The fourth-order valence-electron chi connectivity index (χ4n) is 3.25. The van der Waals surface area contributed by atoms with Gasteiger partial charge in [0.1, 0.15) is 0 Å². The molecule has 8 heteroatoms. The summed E-state index contributed by atoms with van der Waals surface area (Å²) in [5.74, 6) is 1.71. The molecule has 0 atom stereocenters. The molecule has 0 aromatic carbocycles. The highest BCUT2D eigenvalue weighted by Gasteiger charge is 2.23. The molecule has 7 nitrogen and oxygen atoms in total. The number of pyridine rings is 1. The Hall–Kier alpha value is -2.71. The van der Waals surface area contributed by atoms with E-state index in [4.69, 9.17) is 9.47 Å². The normalized spacial score (nSPS) is 14.0. The lowest BCUT2D eigenvalue weighted by Gasteiger charge is -2.28. The molecule has 0 spiro atoms. The second kappa shape index (κ2) is 7.50. The van der Waals surface area contributed by atoms with Crippen molar-refractivity contribution in [1.29, 1.82) is 0 Å². The Morgan fingerprint density at radius 2 is 2.11 bits per heavy atom. The third-order valence-electron chi connectivity index (χ3n) is 4.61. The summed E-state index contributed by atoms with van der Waals surface area (Å²) in [6.45, 7) is 2.02. The number of ether oxygens (including phenoxy) is 2. The predicted molar refractivity (Wildman–Crippen MR) is 103 cm³/mol. The van der Waals surface area contributed by atoms with Gasteiger partial charge in [-0.25, -0.2) is 4.98 Å². The Balaban J connectivity index is 1.56. The van der Waals surface area contributed by atoms with Gasteiger partial charge >= 0.3 is 0 Å². The number of thiophene rings is 1. The van der Waals surface area contributed by atoms with Crippen molar-refractivity contribution < 1.29 is 9.47 Å². The lowest BCUT2D eigenvalue weighted by Crippen LogP contribution is -2.35. The Kier molecular flexibility index (Phi) is 4.91. The first-order chi connectivity index (χ1) is 13.2. The topological polar surface area (TPSA) is 80.3 Å². The number of aromatic amines is 1. The van der Waals surface area contributed by atoms with Crippen molar-refractivity contribution in [2.45, 2.75) is 19.5 Å². The number of methoxy groups -OCH3 is 2. The van der Waals surface area contributed by atoms with Crippen molar-refractivity contribution in [1.82, 2.24) is 19.9 Å². The summed E-state index contributed by atoms with van der Waals surface area (Å²) in [5.41, 5.74) is 2.52. The summed E-state index contributed by atoms with van der Waals surface area (Å²) in [6, 6.07) is 7.69. The van der Waals surface area contributed by atoms with Crippen LogP contribution in [0, 0.1) is 0 Å². The summed E-state index contributed by atoms with van der Waals surface area (Å²) in [5, 5.41) is 1.98. The summed E-state index contributed by atoms with van der Waals surface area (Å²) in [7, 11) is 3.17. The van der Waals surface area contributed by atoms with Gasteiger partial charge in [0.2, 0.25) is 11.8 Å². The molecule has 1 N–H and O–H groups in total. The first-order valence-electron chi connectivity index (χ1n) is 8.64. The van der Waals surface area contributed by atoms with Gasteiger partial charge < -0.3 is 14.5 Å². The molecule has 0 saturated heterocycles. The maximum absolute atomic E-state index is 12.6. The fourth-order valence-corrected chi connectivity index (χ4v) is 3.92. The standard InChI is InChI=1S/C19H20N4O3S/c1-25-16-6-5-12(19(21-16)26-2)10-23-8-7-14-13(11-23)18(24)22-17(20-14)15-4-3-9-27-15/h3-6,9H,7-8,10-11H2,1-2H3,(H,20,22,24). The highest BCUT2D eigenvalue weighted by Crippen LogP contribution is 2.25. The van der Waals surface area contributed by atoms with Gasteiger partial charge in [0.15, 0.2) is 5.82 Å². The zero-order valence-electron chi connectivity index (χ0n) is 15.2. The maximum atomic E-state index is 12.6. The highest BCUT2D eigenvalue weighted by atomic mass is 32.1. The summed E-state index contributed by atoms with van der Waals surface area (Å²) < 4.78 is 10.5. The first kappa shape index (κ1) is 17.7. The Morgan fingerprint density at radius 3 is 2.85 bits per heavy atom. The smallest absolute Gasteiger partial charge is 0.255 e. The van der Waals surface area contributed by atoms with Crippen LogP contribution in [0.3, 0.4) is 0 Å². The van der Waals surface area contributed by atoms with Crippen molar-refractivity contribution in [2.75, 3.05) is 20.8 Å². The van der Waals surface area contributed by atoms with E-state index in [0.29, 0.717) is 30.7 Å². The SMILES string of the molecule is COc1ccc(CN2CCc3nc(-c4cccs4)[nH]c(=O)c3C2)c(OC)n1. The molecule has 3 aromatic rings. The minimum atomic E-state index is -0.0621. The Bertz CT molecular complexity index is 1000. The molecule has 140 valence electrons. The van der Waals surface area contributed by atoms with Crippen LogP contribution in [0.25, 0.3) is 10.7 Å². The Labute approximate surface area is 160 Å². The molecule has 0 fully saturated rings. The predicted octanol–water partition coefficient (Wildman–Crippen LogP) is 2.47. The molecule has 0 aliphatic carbocycles. The molecule has 1 aliphatic heterocycles. The average Bonchev–Trinajstić information content (AvgIpc) is 3.23. The highest BCUT2D eigenvalue weighted by molar-refractivity contribution is 7.13. The van der Waals surface area contributed by atoms with Crippen molar-refractivity contribution >= 4 is 11.3 Å². The summed E-state index contributed by atoms with van der Waals surface area (Å²) in [6.07, 6.45) is 0.740. The van der Waals surface area contributed by atoms with Crippen LogP contribution < -0.4 is 15.0 Å². The third-order valence-corrected chi connectivity index (χ3v) is 5.49. The van der Waals surface area contributed by atoms with Gasteiger partial charge in [-0.2, -0.15) is 4.98 Å². The second-order valence-electron chi connectivity index (χ2n) is 6.30. The molecule has 0 radical (unpaired) electrons. The van der Waals surface area contributed by atoms with Crippen LogP contribution >= 0.6 is 11.3 Å². The maximum Gasteiger partial charge on any atom is 0.255 e. The largest absolute Gasteiger partial charge is 0.481 e. The van der Waals surface area contributed by atoms with Crippen LogP contribution in [-0.4, -0.2) is 40.6 Å². The van der Waals surface area contributed by atoms with Crippen molar-refractivity contribution in [3.8, 4) is 22.5 Å². The van der Waals surface area contributed by atoms with Gasteiger partial charge in [-0.05, 0) is 17.5 Å². The Morgan fingerprint density at radius 1 is 1.22 bits per heavy atom. The molecular weight excluding hydrogens is 364 g/mol. The van der Waals surface area contributed by atoms with E-state index in [1.807, 2.05) is 29.6 Å². The number of rotatable bonds is 5. The van der Waals surface area contributed by atoms with Gasteiger partial charge in [0.05, 0.1) is 30.4 Å². The number of hydrogen-bond donors (Lipinski definition) is 1. The van der Waals surface area contributed by atoms with Crippen LogP contribution in [0.2, 0.25) is 0 Å². The fraction of sp³-hybridized carbons (Fsp3) is 0.316. The quantitative estimate of drug-likeness (QED) is 0.728. The number of hydrogen-bond acceptors (Lipinski definition) is 7. The van der Waals surface area contributed by atoms with Gasteiger partial charge in [0.25, 0.3) is 5.56 Å². The van der Waals surface area contributed by atoms with Crippen molar-refractivity contribution in [3.63, 3.8) is 0 Å². The van der Waals surface area contributed by atoms with E-state index in [0.717, 1.165) is 34.7 Å². The van der Waals surface area contributed by atoms with Crippen LogP contribution in [0.5, 0.6) is 11.8 Å². The first-order valence-corrected chi connectivity index (χ1v) is 9.52. The monoisotopic (exact) mass is 384 g/mol. The van der Waals surface area contributed by atoms with E-state index >= 15 is 0 Å². The molecule has 3 aromatic heterocycles. The van der Waals surface area contributed by atoms with E-state index in [1.165, 1.54) is 0 Å². The van der Waals surface area contributed by atoms with Gasteiger partial charge in [-0.15, -0.1) is 11.3 Å². The molecule has 4 heterocycles. The molecular formula is C19H20N4O3S. The van der Waals surface area contributed by atoms with E-state index in [2.05, 4.69) is 19.9 Å². The van der Waals surface area contributed by atoms with Crippen LogP contribution in [0.1, 0.15) is 16.8 Å². The van der Waals surface area contributed by atoms with E-state index in [1.54, 1.807) is 25.6 Å². The van der Waals surface area contributed by atoms with Gasteiger partial charge in [-0.3, -0.25) is 9.69 Å². The van der Waals surface area contributed by atoms with Crippen molar-refractivity contribution in [2.24, 2.45) is 0 Å².